The molecule has 2 fully saturated rings. The van der Waals surface area contributed by atoms with Crippen molar-refractivity contribution in [2.45, 2.75) is 30.3 Å². The molecule has 3 aromatic rings. The Kier molecular flexibility index (Phi) is 10.0. The number of rotatable bonds is 10. The van der Waals surface area contributed by atoms with Gasteiger partial charge in [-0.15, -0.1) is 0 Å². The fourth-order valence-corrected chi connectivity index (χ4v) is 6.83. The molecule has 0 saturated carbocycles. The van der Waals surface area contributed by atoms with Gasteiger partial charge in [-0.1, -0.05) is 35.5 Å². The lowest BCUT2D eigenvalue weighted by molar-refractivity contribution is -0.130. The number of piperazine rings is 1. The van der Waals surface area contributed by atoms with Crippen LogP contribution in [-0.4, -0.2) is 90.6 Å². The lowest BCUT2D eigenvalue weighted by Crippen LogP contribution is -2.44. The van der Waals surface area contributed by atoms with Crippen LogP contribution >= 0.6 is 23.4 Å². The first kappa shape index (κ1) is 30.3. The van der Waals surface area contributed by atoms with Crippen LogP contribution in [0.15, 0.2) is 52.4 Å². The van der Waals surface area contributed by atoms with Crippen molar-refractivity contribution in [1.82, 2.24) is 30.0 Å². The van der Waals surface area contributed by atoms with Gasteiger partial charge in [0.05, 0.1) is 16.8 Å². The van der Waals surface area contributed by atoms with E-state index in [0.29, 0.717) is 53.7 Å². The van der Waals surface area contributed by atoms with Crippen molar-refractivity contribution in [3.63, 3.8) is 0 Å². The Labute approximate surface area is 254 Å². The molecule has 3 heterocycles. The Morgan fingerprint density at radius 1 is 1.17 bits per heavy atom. The topological polar surface area (TPSA) is 109 Å². The van der Waals surface area contributed by atoms with Crippen molar-refractivity contribution >= 4 is 46.1 Å². The molecule has 5 rings (SSSR count). The molecule has 2 aliphatic heterocycles. The van der Waals surface area contributed by atoms with Gasteiger partial charge >= 0.3 is 0 Å². The largest absolute Gasteiger partial charge is 0.492 e. The molecule has 42 heavy (non-hydrogen) atoms. The smallest absolute Gasteiger partial charge is 0.262 e. The number of aromatic nitrogens is 2. The fraction of sp³-hybridized carbons (Fsp3) is 0.467. The van der Waals surface area contributed by atoms with Gasteiger partial charge in [-0.2, -0.15) is 0 Å². The summed E-state index contributed by atoms with van der Waals surface area (Å²) in [4.78, 5) is 48.6. The maximum absolute atomic E-state index is 14.0. The van der Waals surface area contributed by atoms with Gasteiger partial charge in [-0.05, 0) is 49.2 Å². The molecule has 224 valence electrons. The van der Waals surface area contributed by atoms with Crippen molar-refractivity contribution in [3.8, 4) is 5.75 Å². The molecule has 12 heteroatoms. The van der Waals surface area contributed by atoms with Crippen LogP contribution in [0.4, 0.5) is 0 Å². The van der Waals surface area contributed by atoms with E-state index in [9.17, 15) is 14.4 Å². The summed E-state index contributed by atoms with van der Waals surface area (Å²) in [6.45, 7) is 8.56. The molecular weight excluding hydrogens is 576 g/mol. The van der Waals surface area contributed by atoms with E-state index in [1.54, 1.807) is 34.7 Å². The van der Waals surface area contributed by atoms with Crippen LogP contribution in [0, 0.1) is 5.92 Å². The number of carbonyl (C=O) groups excluding carboxylic acids is 2. The minimum absolute atomic E-state index is 0.0634. The van der Waals surface area contributed by atoms with Gasteiger partial charge in [0.15, 0.2) is 5.16 Å². The number of thioether (sulfide) groups is 1. The molecule has 0 radical (unpaired) electrons. The summed E-state index contributed by atoms with van der Waals surface area (Å²) in [7, 11) is 1.61. The highest BCUT2D eigenvalue weighted by molar-refractivity contribution is 8.00. The fourth-order valence-electron chi connectivity index (χ4n) is 5.42. The highest BCUT2D eigenvalue weighted by Gasteiger charge is 2.35. The maximum atomic E-state index is 14.0. The van der Waals surface area contributed by atoms with Gasteiger partial charge in [0, 0.05) is 64.4 Å². The van der Waals surface area contributed by atoms with E-state index < -0.39 is 5.25 Å². The maximum Gasteiger partial charge on any atom is 0.262 e. The van der Waals surface area contributed by atoms with Crippen LogP contribution in [0.2, 0.25) is 5.02 Å². The minimum atomic E-state index is -0.669. The van der Waals surface area contributed by atoms with E-state index in [1.807, 2.05) is 31.2 Å². The van der Waals surface area contributed by atoms with E-state index in [2.05, 4.69) is 15.5 Å². The Bertz CT molecular complexity index is 1480. The van der Waals surface area contributed by atoms with E-state index in [4.69, 9.17) is 21.3 Å². The normalized spacial score (nSPS) is 18.3. The van der Waals surface area contributed by atoms with Gasteiger partial charge in [-0.3, -0.25) is 23.9 Å². The molecule has 0 aliphatic carbocycles. The number of hydrogen-bond acceptors (Lipinski definition) is 8. The summed E-state index contributed by atoms with van der Waals surface area (Å²) in [6.07, 6.45) is 0.608. The van der Waals surface area contributed by atoms with E-state index in [0.717, 1.165) is 44.0 Å². The van der Waals surface area contributed by atoms with Crippen LogP contribution in [0.3, 0.4) is 0 Å². The predicted molar refractivity (Wildman–Crippen MR) is 165 cm³/mol. The number of likely N-dealkylation sites (tertiary alicyclic amines) is 1. The number of fused-ring (bicyclic) bond motifs is 1. The second-order valence-electron chi connectivity index (χ2n) is 10.5. The van der Waals surface area contributed by atoms with Crippen LogP contribution in [0.5, 0.6) is 5.75 Å². The van der Waals surface area contributed by atoms with Crippen LogP contribution < -0.4 is 20.9 Å². The molecule has 0 spiro atoms. The SMILES string of the molecule is CCn1c(SC(C(=O)N2CC[C@H](C(=O)NC)C2)c2ccc(OCCN3CCNCC3)cc2)nc2ccc(Cl)cc2c1=O. The minimum Gasteiger partial charge on any atom is -0.492 e. The monoisotopic (exact) mass is 612 g/mol. The third-order valence-corrected chi connectivity index (χ3v) is 9.30. The molecule has 1 unspecified atom stereocenters. The highest BCUT2D eigenvalue weighted by Crippen LogP contribution is 2.38. The zero-order valence-corrected chi connectivity index (χ0v) is 25.5. The molecule has 0 bridgehead atoms. The van der Waals surface area contributed by atoms with Crippen LogP contribution in [0.1, 0.15) is 24.2 Å². The van der Waals surface area contributed by atoms with Crippen LogP contribution in [0.25, 0.3) is 10.9 Å². The number of ether oxygens (including phenoxy) is 1. The molecule has 2 amide bonds. The summed E-state index contributed by atoms with van der Waals surface area (Å²) in [5, 5.41) is 6.73. The highest BCUT2D eigenvalue weighted by atomic mass is 35.5. The third-order valence-electron chi connectivity index (χ3n) is 7.83. The first-order chi connectivity index (χ1) is 20.4. The van der Waals surface area contributed by atoms with Crippen molar-refractivity contribution in [3.05, 3.63) is 63.4 Å². The molecule has 2 N–H and O–H groups in total. The lowest BCUT2D eigenvalue weighted by atomic mass is 10.1. The number of nitrogens with zero attached hydrogens (tertiary/aromatic N) is 4. The molecule has 2 aromatic carbocycles. The molecular formula is C30H37ClN6O4S. The van der Waals surface area contributed by atoms with E-state index in [1.165, 1.54) is 11.8 Å². The first-order valence-corrected chi connectivity index (χ1v) is 15.7. The lowest BCUT2D eigenvalue weighted by Gasteiger charge is -2.27. The Hall–Kier alpha value is -3.12. The zero-order valence-electron chi connectivity index (χ0n) is 24.0. The standard InChI is InChI=1S/C30H37ClN6O4S/c1-3-37-28(39)24-18-22(31)6-9-25(24)34-30(37)42-26(29(40)36-13-10-21(19-36)27(38)32-2)20-4-7-23(8-5-20)41-17-16-35-14-11-33-12-15-35/h4-9,18,21,26,33H,3,10-17,19H2,1-2H3,(H,32,38)/t21-,26?/m0/s1. The number of carbonyl (C=O) groups is 2. The van der Waals surface area contributed by atoms with E-state index >= 15 is 0 Å². The Balaban J connectivity index is 1.40. The second kappa shape index (κ2) is 13.9. The number of nitrogens with one attached hydrogen (secondary N) is 2. The molecule has 2 atom stereocenters. The number of hydrogen-bond donors (Lipinski definition) is 2. The van der Waals surface area contributed by atoms with Gasteiger partial charge in [0.1, 0.15) is 17.6 Å². The summed E-state index contributed by atoms with van der Waals surface area (Å²) >= 11 is 7.41. The van der Waals surface area contributed by atoms with Crippen LogP contribution in [-0.2, 0) is 16.1 Å². The number of amides is 2. The second-order valence-corrected chi connectivity index (χ2v) is 12.0. The Morgan fingerprint density at radius 2 is 1.93 bits per heavy atom. The average Bonchev–Trinajstić information content (AvgIpc) is 3.51. The Morgan fingerprint density at radius 3 is 2.64 bits per heavy atom. The summed E-state index contributed by atoms with van der Waals surface area (Å²) < 4.78 is 7.59. The number of halogens is 1. The van der Waals surface area contributed by atoms with Crippen molar-refractivity contribution in [2.24, 2.45) is 5.92 Å². The molecule has 10 nitrogen and oxygen atoms in total. The quantitative estimate of drug-likeness (QED) is 0.266. The van der Waals surface area contributed by atoms with Crippen molar-refractivity contribution in [2.75, 3.05) is 59.5 Å². The van der Waals surface area contributed by atoms with Crippen molar-refractivity contribution in [1.29, 1.82) is 0 Å². The van der Waals surface area contributed by atoms with Gasteiger partial charge < -0.3 is 20.3 Å². The summed E-state index contributed by atoms with van der Waals surface area (Å²) in [5.41, 5.74) is 1.10. The third kappa shape index (κ3) is 6.91. The zero-order chi connectivity index (χ0) is 29.6. The summed E-state index contributed by atoms with van der Waals surface area (Å²) in [5.74, 6) is 0.309. The molecule has 2 saturated heterocycles. The van der Waals surface area contributed by atoms with E-state index in [-0.39, 0.29) is 23.3 Å². The average molecular weight is 613 g/mol. The summed E-state index contributed by atoms with van der Waals surface area (Å²) in [6, 6.07) is 12.6. The van der Waals surface area contributed by atoms with Gasteiger partial charge in [-0.25, -0.2) is 4.98 Å². The van der Waals surface area contributed by atoms with Gasteiger partial charge in [0.2, 0.25) is 11.8 Å². The first-order valence-electron chi connectivity index (χ1n) is 14.4. The molecule has 2 aliphatic rings. The number of benzene rings is 2. The van der Waals surface area contributed by atoms with Crippen molar-refractivity contribution < 1.29 is 14.3 Å². The van der Waals surface area contributed by atoms with Gasteiger partial charge in [0.25, 0.3) is 5.56 Å². The molecule has 1 aromatic heterocycles. The predicted octanol–water partition coefficient (Wildman–Crippen LogP) is 2.78.